The van der Waals surface area contributed by atoms with Crippen LogP contribution >= 0.6 is 0 Å². The van der Waals surface area contributed by atoms with E-state index in [2.05, 4.69) is 28.3 Å². The molecule has 0 saturated heterocycles. The van der Waals surface area contributed by atoms with Crippen LogP contribution in [0.2, 0.25) is 0 Å². The second kappa shape index (κ2) is 8.64. The normalized spacial score (nSPS) is 26.5. The highest BCUT2D eigenvalue weighted by Gasteiger charge is 2.47. The molecule has 1 aliphatic heterocycles. The largest absolute Gasteiger partial charge is 0.516 e. The zero-order valence-electron chi connectivity index (χ0n) is 19.1. The van der Waals surface area contributed by atoms with Crippen molar-refractivity contribution in [3.8, 4) is 5.75 Å². The van der Waals surface area contributed by atoms with Crippen LogP contribution in [0.15, 0.2) is 70.0 Å². The summed E-state index contributed by atoms with van der Waals surface area (Å²) in [6.45, 7) is 7.26. The Hall–Kier alpha value is -3.77. The molecule has 1 heterocycles. The lowest BCUT2D eigenvalue weighted by Gasteiger charge is -2.47. The molecular formula is C25H26N4O4. The van der Waals surface area contributed by atoms with Gasteiger partial charge in [-0.3, -0.25) is 4.79 Å². The number of fused-ring (bicyclic) bond motifs is 3. The number of azide groups is 1. The smallest absolute Gasteiger partial charge is 0.406 e. The molecule has 3 aliphatic rings. The van der Waals surface area contributed by atoms with E-state index in [0.717, 1.165) is 16.8 Å². The Morgan fingerprint density at radius 2 is 2.12 bits per heavy atom. The fourth-order valence-corrected chi connectivity index (χ4v) is 5.03. The van der Waals surface area contributed by atoms with Crippen molar-refractivity contribution in [3.05, 3.63) is 86.5 Å². The quantitative estimate of drug-likeness (QED) is 0.119. The number of ether oxygens (including phenoxy) is 2. The molecule has 33 heavy (non-hydrogen) atoms. The zero-order chi connectivity index (χ0) is 23.8. The Bertz CT molecular complexity index is 1200. The molecule has 3 atom stereocenters. The minimum absolute atomic E-state index is 0.0604. The summed E-state index contributed by atoms with van der Waals surface area (Å²) in [5.74, 6) is 0.384. The van der Waals surface area contributed by atoms with Gasteiger partial charge in [-0.25, -0.2) is 4.79 Å². The van der Waals surface area contributed by atoms with Gasteiger partial charge in [-0.1, -0.05) is 34.5 Å². The third kappa shape index (κ3) is 4.05. The van der Waals surface area contributed by atoms with E-state index < -0.39 is 17.9 Å². The number of hydrogen-bond donors (Lipinski definition) is 1. The van der Waals surface area contributed by atoms with Gasteiger partial charge in [0.25, 0.3) is 0 Å². The molecule has 2 aliphatic carbocycles. The molecule has 0 aromatic heterocycles. The van der Waals surface area contributed by atoms with Gasteiger partial charge in [-0.05, 0) is 81.5 Å². The summed E-state index contributed by atoms with van der Waals surface area (Å²) in [6, 6.07) is 4.86. The maximum Gasteiger partial charge on any atom is 0.516 e. The maximum absolute atomic E-state index is 12.4. The van der Waals surface area contributed by atoms with E-state index in [1.165, 1.54) is 12.5 Å². The summed E-state index contributed by atoms with van der Waals surface area (Å²) in [5, 5.41) is 7.53. The van der Waals surface area contributed by atoms with E-state index in [1.807, 2.05) is 19.1 Å². The number of ketones is 1. The van der Waals surface area contributed by atoms with Crippen molar-refractivity contribution in [2.24, 2.45) is 11.0 Å². The van der Waals surface area contributed by atoms with Gasteiger partial charge in [0.15, 0.2) is 12.0 Å². The molecule has 2 bridgehead atoms. The average molecular weight is 447 g/mol. The highest BCUT2D eigenvalue weighted by molar-refractivity contribution is 5.94. The maximum atomic E-state index is 12.4. The molecule has 0 fully saturated rings. The summed E-state index contributed by atoms with van der Waals surface area (Å²) < 4.78 is 10.8. The lowest BCUT2D eigenvalue weighted by atomic mass is 9.63. The van der Waals surface area contributed by atoms with Crippen LogP contribution in [0, 0.1) is 12.8 Å². The van der Waals surface area contributed by atoms with Crippen molar-refractivity contribution in [2.45, 2.75) is 52.3 Å². The SMILES string of the molecule is CC=C1[C@@H]2C=C(C)CC1(N=[N+]=[N-])C1=C(C2)NC(OC(=O)Oc2ccc(C(C)=O)cc2C)C=C1. The minimum atomic E-state index is -0.856. The number of allylic oxidation sites excluding steroid dienone is 3. The summed E-state index contributed by atoms with van der Waals surface area (Å²) in [4.78, 5) is 27.1. The molecule has 1 N–H and O–H groups in total. The molecule has 0 radical (unpaired) electrons. The first-order chi connectivity index (χ1) is 15.8. The van der Waals surface area contributed by atoms with Gasteiger partial charge in [0.1, 0.15) is 11.3 Å². The minimum Gasteiger partial charge on any atom is -0.406 e. The number of nitrogens with zero attached hydrogens (tertiary/aromatic N) is 3. The molecule has 0 amide bonds. The molecule has 0 saturated carbocycles. The van der Waals surface area contributed by atoms with E-state index in [0.29, 0.717) is 29.7 Å². The highest BCUT2D eigenvalue weighted by atomic mass is 16.7. The van der Waals surface area contributed by atoms with E-state index >= 15 is 0 Å². The third-order valence-corrected chi connectivity index (χ3v) is 6.37. The van der Waals surface area contributed by atoms with Crippen LogP contribution in [0.5, 0.6) is 5.75 Å². The number of carbonyl (C=O) groups excluding carboxylic acids is 2. The molecular weight excluding hydrogens is 420 g/mol. The molecule has 1 aromatic carbocycles. The zero-order valence-corrected chi connectivity index (χ0v) is 19.1. The van der Waals surface area contributed by atoms with E-state index in [9.17, 15) is 15.1 Å². The number of nitrogens with one attached hydrogen (secondary N) is 1. The van der Waals surface area contributed by atoms with Crippen molar-refractivity contribution >= 4 is 11.9 Å². The number of dihydropyridines is 1. The summed E-state index contributed by atoms with van der Waals surface area (Å²) >= 11 is 0. The topological polar surface area (TPSA) is 113 Å². The first-order valence-corrected chi connectivity index (χ1v) is 10.9. The van der Waals surface area contributed by atoms with Crippen LogP contribution < -0.4 is 10.1 Å². The molecule has 1 aromatic rings. The number of benzene rings is 1. The highest BCUT2D eigenvalue weighted by Crippen LogP contribution is 2.52. The number of Topliss-reactive ketones (excluding diaryl/α,β-unsaturated/α-hetero) is 1. The lowest BCUT2D eigenvalue weighted by Crippen LogP contribution is -2.47. The number of aryl methyl sites for hydroxylation is 1. The van der Waals surface area contributed by atoms with Gasteiger partial charge in [-0.15, -0.1) is 0 Å². The Labute approximate surface area is 192 Å². The number of rotatable bonds is 4. The first-order valence-electron chi connectivity index (χ1n) is 10.9. The summed E-state index contributed by atoms with van der Waals surface area (Å²) in [5.41, 5.74) is 13.9. The standard InChI is InChI=1S/C25H26N4O4/c1-5-19-18-10-14(2)13-25(19,28-29-26)20-7-9-23(27-21(20)12-18)33-24(31)32-22-8-6-17(16(4)30)11-15(22)3/h5-11,18,23,27H,12-13H2,1-4H3/t18-,23?,25?/m1/s1. The predicted octanol–water partition coefficient (Wildman–Crippen LogP) is 5.82. The second-order valence-corrected chi connectivity index (χ2v) is 8.62. The van der Waals surface area contributed by atoms with Gasteiger partial charge in [0.2, 0.25) is 0 Å². The Balaban J connectivity index is 1.51. The van der Waals surface area contributed by atoms with Gasteiger partial charge < -0.3 is 14.8 Å². The Morgan fingerprint density at radius 1 is 1.33 bits per heavy atom. The Kier molecular flexibility index (Phi) is 5.87. The molecule has 8 heteroatoms. The van der Waals surface area contributed by atoms with E-state index in [4.69, 9.17) is 9.47 Å². The van der Waals surface area contributed by atoms with Crippen LogP contribution in [-0.4, -0.2) is 23.7 Å². The lowest BCUT2D eigenvalue weighted by molar-refractivity contribution is 0.0655. The van der Waals surface area contributed by atoms with Gasteiger partial charge in [0.05, 0.1) is 0 Å². The van der Waals surface area contributed by atoms with Crippen molar-refractivity contribution in [1.29, 1.82) is 0 Å². The third-order valence-electron chi connectivity index (χ3n) is 6.37. The number of hydrogen-bond acceptors (Lipinski definition) is 6. The van der Waals surface area contributed by atoms with Gasteiger partial charge in [0, 0.05) is 22.1 Å². The van der Waals surface area contributed by atoms with Crippen molar-refractivity contribution in [1.82, 2.24) is 5.32 Å². The van der Waals surface area contributed by atoms with Crippen LogP contribution in [0.1, 0.15) is 49.5 Å². The molecule has 0 spiro atoms. The monoisotopic (exact) mass is 446 g/mol. The predicted molar refractivity (Wildman–Crippen MR) is 123 cm³/mol. The molecule has 4 rings (SSSR count). The molecule has 8 nitrogen and oxygen atoms in total. The van der Waals surface area contributed by atoms with E-state index in [-0.39, 0.29) is 11.7 Å². The Morgan fingerprint density at radius 3 is 2.79 bits per heavy atom. The van der Waals surface area contributed by atoms with E-state index in [1.54, 1.807) is 31.2 Å². The fourth-order valence-electron chi connectivity index (χ4n) is 5.03. The fraction of sp³-hybridized carbons (Fsp3) is 0.360. The van der Waals surface area contributed by atoms with Crippen LogP contribution in [0.25, 0.3) is 10.4 Å². The molecule has 2 unspecified atom stereocenters. The van der Waals surface area contributed by atoms with Crippen LogP contribution in [-0.2, 0) is 4.74 Å². The van der Waals surface area contributed by atoms with Crippen molar-refractivity contribution in [2.75, 3.05) is 0 Å². The van der Waals surface area contributed by atoms with Gasteiger partial charge in [-0.2, -0.15) is 0 Å². The van der Waals surface area contributed by atoms with Gasteiger partial charge >= 0.3 is 6.16 Å². The summed E-state index contributed by atoms with van der Waals surface area (Å²) in [7, 11) is 0. The van der Waals surface area contributed by atoms with Crippen molar-refractivity contribution in [3.63, 3.8) is 0 Å². The number of carbonyl (C=O) groups is 2. The van der Waals surface area contributed by atoms with Crippen LogP contribution in [0.4, 0.5) is 4.79 Å². The second-order valence-electron chi connectivity index (χ2n) is 8.62. The molecule has 170 valence electrons. The first kappa shape index (κ1) is 22.4. The average Bonchev–Trinajstić information content (AvgIpc) is 2.74. The summed E-state index contributed by atoms with van der Waals surface area (Å²) in [6.07, 6.45) is 7.59. The van der Waals surface area contributed by atoms with Crippen LogP contribution in [0.3, 0.4) is 0 Å². The van der Waals surface area contributed by atoms with Crippen molar-refractivity contribution < 1.29 is 19.1 Å².